The number of rotatable bonds is 6. The first-order valence-electron chi connectivity index (χ1n) is 6.75. The van der Waals surface area contributed by atoms with Crippen LogP contribution in [0.25, 0.3) is 0 Å². The van der Waals surface area contributed by atoms with Crippen LogP contribution in [0.3, 0.4) is 0 Å². The summed E-state index contributed by atoms with van der Waals surface area (Å²) >= 11 is 0. The van der Waals surface area contributed by atoms with Gasteiger partial charge >= 0.3 is 5.97 Å². The number of carboxylic acids is 1. The molecule has 1 aliphatic rings. The first-order valence-corrected chi connectivity index (χ1v) is 6.75. The molecule has 0 aromatic heterocycles. The van der Waals surface area contributed by atoms with Gasteiger partial charge < -0.3 is 20.8 Å². The standard InChI is InChI=1S/C13H24N2O4/c1-13(2,9-4-3-6-14-8-9)12(19)15-10(5-7-16)11(17)18/h9-10,14,16H,3-8H2,1-2H3,(H,15,19)(H,17,18)/t9?,10-/m1/s1. The summed E-state index contributed by atoms with van der Waals surface area (Å²) in [7, 11) is 0. The van der Waals surface area contributed by atoms with Crippen molar-refractivity contribution < 1.29 is 19.8 Å². The van der Waals surface area contributed by atoms with Gasteiger partial charge in [0.05, 0.1) is 0 Å². The van der Waals surface area contributed by atoms with Gasteiger partial charge in [-0.1, -0.05) is 13.8 Å². The Morgan fingerprint density at radius 3 is 2.63 bits per heavy atom. The fourth-order valence-electron chi connectivity index (χ4n) is 2.38. The number of hydrogen-bond acceptors (Lipinski definition) is 4. The molecule has 6 heteroatoms. The van der Waals surface area contributed by atoms with E-state index in [9.17, 15) is 9.59 Å². The summed E-state index contributed by atoms with van der Waals surface area (Å²) < 4.78 is 0. The molecule has 2 atom stereocenters. The molecular formula is C13H24N2O4. The molecule has 1 fully saturated rings. The Labute approximate surface area is 113 Å². The van der Waals surface area contributed by atoms with Gasteiger partial charge in [-0.05, 0) is 31.8 Å². The van der Waals surface area contributed by atoms with Crippen LogP contribution in [0.1, 0.15) is 33.1 Å². The lowest BCUT2D eigenvalue weighted by Gasteiger charge is -2.36. The zero-order chi connectivity index (χ0) is 14.5. The Kier molecular flexibility index (Phi) is 5.75. The van der Waals surface area contributed by atoms with Crippen molar-refractivity contribution in [1.82, 2.24) is 10.6 Å². The second kappa shape index (κ2) is 6.86. The van der Waals surface area contributed by atoms with Crippen molar-refractivity contribution in [3.63, 3.8) is 0 Å². The van der Waals surface area contributed by atoms with E-state index in [1.54, 1.807) is 0 Å². The molecule has 0 aliphatic carbocycles. The van der Waals surface area contributed by atoms with Gasteiger partial charge in [-0.15, -0.1) is 0 Å². The molecule has 1 unspecified atom stereocenters. The average molecular weight is 272 g/mol. The summed E-state index contributed by atoms with van der Waals surface area (Å²) in [4.78, 5) is 23.3. The average Bonchev–Trinajstić information content (AvgIpc) is 2.38. The van der Waals surface area contributed by atoms with Crippen LogP contribution in [-0.2, 0) is 9.59 Å². The van der Waals surface area contributed by atoms with E-state index >= 15 is 0 Å². The maximum Gasteiger partial charge on any atom is 0.326 e. The lowest BCUT2D eigenvalue weighted by molar-refractivity contribution is -0.144. The van der Waals surface area contributed by atoms with Gasteiger partial charge in [-0.2, -0.15) is 0 Å². The molecule has 1 amide bonds. The van der Waals surface area contributed by atoms with Crippen molar-refractivity contribution in [2.75, 3.05) is 19.7 Å². The number of nitrogens with one attached hydrogen (secondary N) is 2. The Balaban J connectivity index is 2.65. The normalized spacial score (nSPS) is 21.7. The third kappa shape index (κ3) is 4.18. The first-order chi connectivity index (χ1) is 8.89. The maximum atomic E-state index is 12.3. The number of aliphatic carboxylic acids is 1. The van der Waals surface area contributed by atoms with E-state index in [-0.39, 0.29) is 24.9 Å². The molecule has 19 heavy (non-hydrogen) atoms. The molecule has 0 spiro atoms. The Morgan fingerprint density at radius 1 is 1.47 bits per heavy atom. The molecular weight excluding hydrogens is 248 g/mol. The van der Waals surface area contributed by atoms with E-state index < -0.39 is 17.4 Å². The fraction of sp³-hybridized carbons (Fsp3) is 0.846. The molecule has 110 valence electrons. The van der Waals surface area contributed by atoms with Gasteiger partial charge in [0.15, 0.2) is 0 Å². The minimum atomic E-state index is -1.11. The minimum Gasteiger partial charge on any atom is -0.480 e. The highest BCUT2D eigenvalue weighted by atomic mass is 16.4. The van der Waals surface area contributed by atoms with Gasteiger partial charge in [0.2, 0.25) is 5.91 Å². The number of piperidine rings is 1. The van der Waals surface area contributed by atoms with E-state index in [1.807, 2.05) is 13.8 Å². The highest BCUT2D eigenvalue weighted by Crippen LogP contribution is 2.32. The second-order valence-corrected chi connectivity index (χ2v) is 5.64. The van der Waals surface area contributed by atoms with Crippen LogP contribution < -0.4 is 10.6 Å². The smallest absolute Gasteiger partial charge is 0.326 e. The van der Waals surface area contributed by atoms with Crippen LogP contribution in [-0.4, -0.2) is 47.8 Å². The lowest BCUT2D eigenvalue weighted by Crippen LogP contribution is -2.51. The van der Waals surface area contributed by atoms with Crippen molar-refractivity contribution in [2.45, 2.75) is 39.2 Å². The number of amides is 1. The highest BCUT2D eigenvalue weighted by molar-refractivity contribution is 5.87. The molecule has 0 saturated carbocycles. The van der Waals surface area contributed by atoms with Crippen LogP contribution in [0.15, 0.2) is 0 Å². The maximum absolute atomic E-state index is 12.3. The molecule has 0 bridgehead atoms. The van der Waals surface area contributed by atoms with E-state index in [2.05, 4.69) is 10.6 Å². The predicted octanol–water partition coefficient (Wildman–Crippen LogP) is -0.0360. The van der Waals surface area contributed by atoms with Gasteiger partial charge in [0.1, 0.15) is 6.04 Å². The number of hydrogen-bond donors (Lipinski definition) is 4. The van der Waals surface area contributed by atoms with Crippen LogP contribution in [0.5, 0.6) is 0 Å². The number of aliphatic hydroxyl groups is 1. The first kappa shape index (κ1) is 15.9. The van der Waals surface area contributed by atoms with Gasteiger partial charge in [0.25, 0.3) is 0 Å². The Hall–Kier alpha value is -1.14. The van der Waals surface area contributed by atoms with Crippen LogP contribution in [0.4, 0.5) is 0 Å². The SMILES string of the molecule is CC(C)(C(=O)N[C@H](CCO)C(=O)O)C1CCCNC1. The summed E-state index contributed by atoms with van der Waals surface area (Å²) in [5.74, 6) is -1.17. The predicted molar refractivity (Wildman–Crippen MR) is 70.6 cm³/mol. The number of carbonyl (C=O) groups excluding carboxylic acids is 1. The minimum absolute atomic E-state index is 0.0278. The van der Waals surface area contributed by atoms with E-state index in [0.717, 1.165) is 25.9 Å². The van der Waals surface area contributed by atoms with Crippen molar-refractivity contribution in [2.24, 2.45) is 11.3 Å². The monoisotopic (exact) mass is 272 g/mol. The summed E-state index contributed by atoms with van der Waals surface area (Å²) in [5, 5.41) is 23.6. The van der Waals surface area contributed by atoms with E-state index in [1.165, 1.54) is 0 Å². The third-order valence-corrected chi connectivity index (χ3v) is 3.92. The molecule has 4 N–H and O–H groups in total. The topological polar surface area (TPSA) is 98.7 Å². The molecule has 1 aliphatic heterocycles. The lowest BCUT2D eigenvalue weighted by atomic mass is 9.74. The zero-order valence-corrected chi connectivity index (χ0v) is 11.6. The third-order valence-electron chi connectivity index (χ3n) is 3.92. The van der Waals surface area contributed by atoms with Gasteiger partial charge in [0, 0.05) is 18.4 Å². The summed E-state index contributed by atoms with van der Waals surface area (Å²) in [6.45, 7) is 5.17. The molecule has 1 rings (SSSR count). The van der Waals surface area contributed by atoms with Gasteiger partial charge in [-0.25, -0.2) is 4.79 Å². The molecule has 6 nitrogen and oxygen atoms in total. The van der Waals surface area contributed by atoms with Crippen LogP contribution in [0, 0.1) is 11.3 Å². The molecule has 0 radical (unpaired) electrons. The summed E-state index contributed by atoms with van der Waals surface area (Å²) in [6.07, 6.45) is 2.02. The van der Waals surface area contributed by atoms with Crippen LogP contribution in [0.2, 0.25) is 0 Å². The molecule has 0 aromatic carbocycles. The molecule has 0 aromatic rings. The fourth-order valence-corrected chi connectivity index (χ4v) is 2.38. The Morgan fingerprint density at radius 2 is 2.16 bits per heavy atom. The largest absolute Gasteiger partial charge is 0.480 e. The number of carbonyl (C=O) groups is 2. The van der Waals surface area contributed by atoms with Gasteiger partial charge in [-0.3, -0.25) is 4.79 Å². The van der Waals surface area contributed by atoms with E-state index in [0.29, 0.717) is 0 Å². The number of carboxylic acid groups (broad SMARTS) is 1. The second-order valence-electron chi connectivity index (χ2n) is 5.64. The Bertz CT molecular complexity index is 325. The van der Waals surface area contributed by atoms with Crippen molar-refractivity contribution in [1.29, 1.82) is 0 Å². The zero-order valence-electron chi connectivity index (χ0n) is 11.6. The quantitative estimate of drug-likeness (QED) is 0.544. The van der Waals surface area contributed by atoms with Crippen LogP contribution >= 0.6 is 0 Å². The van der Waals surface area contributed by atoms with Crippen molar-refractivity contribution >= 4 is 11.9 Å². The summed E-state index contributed by atoms with van der Waals surface area (Å²) in [5.41, 5.74) is -0.615. The molecule has 1 saturated heterocycles. The van der Waals surface area contributed by atoms with Crippen molar-refractivity contribution in [3.05, 3.63) is 0 Å². The number of aliphatic hydroxyl groups excluding tert-OH is 1. The highest BCUT2D eigenvalue weighted by Gasteiger charge is 2.38. The van der Waals surface area contributed by atoms with Crippen molar-refractivity contribution in [3.8, 4) is 0 Å². The van der Waals surface area contributed by atoms with E-state index in [4.69, 9.17) is 10.2 Å². The summed E-state index contributed by atoms with van der Waals surface area (Å²) in [6, 6.07) is -1.02. The molecule has 1 heterocycles.